The fourth-order valence-corrected chi connectivity index (χ4v) is 3.57. The van der Waals surface area contributed by atoms with Crippen LogP contribution in [0.1, 0.15) is 11.3 Å². The van der Waals surface area contributed by atoms with Gasteiger partial charge in [-0.15, -0.1) is 0 Å². The summed E-state index contributed by atoms with van der Waals surface area (Å²) in [5.41, 5.74) is 5.98. The highest BCUT2D eigenvalue weighted by Crippen LogP contribution is 2.37. The fraction of sp³-hybridized carbons (Fsp3) is 0.190. The minimum Gasteiger partial charge on any atom is -0.331 e. The monoisotopic (exact) mass is 378 g/mol. The van der Waals surface area contributed by atoms with Gasteiger partial charge in [-0.2, -0.15) is 5.10 Å². The van der Waals surface area contributed by atoms with Gasteiger partial charge in [-0.05, 0) is 48.4 Å². The predicted molar refractivity (Wildman–Crippen MR) is 106 cm³/mol. The molecule has 0 saturated heterocycles. The molecule has 1 aliphatic rings. The zero-order valence-electron chi connectivity index (χ0n) is 15.0. The topological polar surface area (TPSA) is 51.0 Å². The van der Waals surface area contributed by atoms with Crippen molar-refractivity contribution in [1.82, 2.24) is 19.7 Å². The number of halogens is 1. The van der Waals surface area contributed by atoms with Gasteiger partial charge < -0.3 is 4.90 Å². The third-order valence-electron chi connectivity index (χ3n) is 4.87. The molecule has 2 aromatic heterocycles. The first-order valence-electron chi connectivity index (χ1n) is 8.76. The van der Waals surface area contributed by atoms with E-state index in [9.17, 15) is 4.79 Å². The summed E-state index contributed by atoms with van der Waals surface area (Å²) in [5, 5.41) is 5.61. The van der Waals surface area contributed by atoms with Crippen LogP contribution >= 0.6 is 11.6 Å². The van der Waals surface area contributed by atoms with E-state index in [4.69, 9.17) is 16.7 Å². The van der Waals surface area contributed by atoms with Crippen LogP contribution in [0.25, 0.3) is 22.4 Å². The van der Waals surface area contributed by atoms with Crippen LogP contribution in [0.15, 0.2) is 55.4 Å². The van der Waals surface area contributed by atoms with E-state index >= 15 is 0 Å². The van der Waals surface area contributed by atoms with Gasteiger partial charge in [0.05, 0.1) is 18.8 Å². The van der Waals surface area contributed by atoms with E-state index in [1.54, 1.807) is 17.3 Å². The Hall–Kier alpha value is -2.92. The van der Waals surface area contributed by atoms with E-state index in [2.05, 4.69) is 11.6 Å². The molecule has 0 fully saturated rings. The quantitative estimate of drug-likeness (QED) is 0.645. The normalized spacial score (nSPS) is 13.3. The summed E-state index contributed by atoms with van der Waals surface area (Å²) in [6.07, 6.45) is 4.90. The first-order valence-corrected chi connectivity index (χ1v) is 9.14. The largest absolute Gasteiger partial charge is 0.331 e. The van der Waals surface area contributed by atoms with Gasteiger partial charge in [0.25, 0.3) is 0 Å². The highest BCUT2D eigenvalue weighted by Gasteiger charge is 2.27. The van der Waals surface area contributed by atoms with Crippen LogP contribution in [0.2, 0.25) is 5.02 Å². The molecule has 0 radical (unpaired) electrons. The molecule has 3 aromatic rings. The Morgan fingerprint density at radius 2 is 1.96 bits per heavy atom. The molecule has 136 valence electrons. The van der Waals surface area contributed by atoms with Crippen LogP contribution in [0.5, 0.6) is 0 Å². The molecule has 3 heterocycles. The lowest BCUT2D eigenvalue weighted by Gasteiger charge is -2.27. The standard InChI is InChI=1S/C21H19ClN4O/c1-3-19(27)25-10-11-26-18(13-25)20(15-6-8-23-9-7-15)21(24-26)16-4-5-17(22)14(2)12-16/h3-9,12H,1,10-11,13H2,2H3. The number of aryl methyl sites for hydroxylation is 1. The number of amides is 1. The van der Waals surface area contributed by atoms with Gasteiger partial charge in [-0.25, -0.2) is 0 Å². The number of hydrogen-bond donors (Lipinski definition) is 0. The number of fused-ring (bicyclic) bond motifs is 1. The molecule has 27 heavy (non-hydrogen) atoms. The summed E-state index contributed by atoms with van der Waals surface area (Å²) in [5.74, 6) is -0.0629. The predicted octanol–water partition coefficient (Wildman–Crippen LogP) is 4.10. The molecule has 0 N–H and O–H groups in total. The highest BCUT2D eigenvalue weighted by atomic mass is 35.5. The van der Waals surface area contributed by atoms with E-state index in [0.717, 1.165) is 38.7 Å². The number of carbonyl (C=O) groups excluding carboxylic acids is 1. The molecule has 1 aromatic carbocycles. The molecule has 1 aliphatic heterocycles. The number of hydrogen-bond acceptors (Lipinski definition) is 3. The summed E-state index contributed by atoms with van der Waals surface area (Å²) >= 11 is 6.21. The average Bonchev–Trinajstić information content (AvgIpc) is 3.08. The second kappa shape index (κ2) is 7.00. The fourth-order valence-electron chi connectivity index (χ4n) is 3.45. The number of nitrogens with zero attached hydrogens (tertiary/aromatic N) is 4. The Morgan fingerprint density at radius 1 is 1.19 bits per heavy atom. The van der Waals surface area contributed by atoms with Gasteiger partial charge in [-0.3, -0.25) is 14.5 Å². The zero-order valence-corrected chi connectivity index (χ0v) is 15.8. The number of carbonyl (C=O) groups is 1. The van der Waals surface area contributed by atoms with Crippen LogP contribution in [0, 0.1) is 6.92 Å². The number of benzene rings is 1. The van der Waals surface area contributed by atoms with Crippen LogP contribution in [0.4, 0.5) is 0 Å². The van der Waals surface area contributed by atoms with E-state index < -0.39 is 0 Å². The zero-order chi connectivity index (χ0) is 19.0. The van der Waals surface area contributed by atoms with Crippen LogP contribution < -0.4 is 0 Å². The van der Waals surface area contributed by atoms with Crippen molar-refractivity contribution in [2.75, 3.05) is 6.54 Å². The second-order valence-electron chi connectivity index (χ2n) is 6.56. The minimum absolute atomic E-state index is 0.0629. The molecule has 0 spiro atoms. The van der Waals surface area contributed by atoms with Gasteiger partial charge in [0.15, 0.2) is 0 Å². The summed E-state index contributed by atoms with van der Waals surface area (Å²) in [4.78, 5) is 18.1. The molecule has 0 atom stereocenters. The van der Waals surface area contributed by atoms with Crippen molar-refractivity contribution in [2.24, 2.45) is 0 Å². The van der Waals surface area contributed by atoms with E-state index in [1.165, 1.54) is 6.08 Å². The van der Waals surface area contributed by atoms with Crippen molar-refractivity contribution < 1.29 is 4.79 Å². The molecule has 0 bridgehead atoms. The van der Waals surface area contributed by atoms with Crippen molar-refractivity contribution in [1.29, 1.82) is 0 Å². The Balaban J connectivity index is 1.90. The van der Waals surface area contributed by atoms with Crippen molar-refractivity contribution in [3.63, 3.8) is 0 Å². The maximum absolute atomic E-state index is 12.1. The number of pyridine rings is 1. The molecular weight excluding hydrogens is 360 g/mol. The summed E-state index contributed by atoms with van der Waals surface area (Å²) < 4.78 is 2.00. The van der Waals surface area contributed by atoms with E-state index in [0.29, 0.717) is 19.6 Å². The van der Waals surface area contributed by atoms with Crippen molar-refractivity contribution in [3.05, 3.63) is 71.7 Å². The molecule has 6 heteroatoms. The van der Waals surface area contributed by atoms with Gasteiger partial charge in [0, 0.05) is 35.1 Å². The van der Waals surface area contributed by atoms with E-state index in [-0.39, 0.29) is 5.91 Å². The lowest BCUT2D eigenvalue weighted by Crippen LogP contribution is -2.37. The Kier molecular flexibility index (Phi) is 4.54. The lowest BCUT2D eigenvalue weighted by molar-refractivity contribution is -0.127. The molecule has 5 nitrogen and oxygen atoms in total. The maximum Gasteiger partial charge on any atom is 0.246 e. The Morgan fingerprint density at radius 3 is 2.67 bits per heavy atom. The van der Waals surface area contributed by atoms with Gasteiger partial charge >= 0.3 is 0 Å². The van der Waals surface area contributed by atoms with E-state index in [1.807, 2.05) is 41.9 Å². The van der Waals surface area contributed by atoms with Crippen molar-refractivity contribution in [2.45, 2.75) is 20.0 Å². The van der Waals surface area contributed by atoms with Crippen LogP contribution in [0.3, 0.4) is 0 Å². The Labute approximate surface area is 162 Å². The van der Waals surface area contributed by atoms with Gasteiger partial charge in [0.2, 0.25) is 5.91 Å². The Bertz CT molecular complexity index is 1030. The summed E-state index contributed by atoms with van der Waals surface area (Å²) in [6, 6.07) is 9.88. The average molecular weight is 379 g/mol. The van der Waals surface area contributed by atoms with Gasteiger partial charge in [-0.1, -0.05) is 24.2 Å². The first kappa shape index (κ1) is 17.5. The molecule has 0 unspecified atom stereocenters. The van der Waals surface area contributed by atoms with Crippen LogP contribution in [-0.2, 0) is 17.9 Å². The third kappa shape index (κ3) is 3.15. The smallest absolute Gasteiger partial charge is 0.246 e. The minimum atomic E-state index is -0.0629. The number of aromatic nitrogens is 3. The molecule has 1 amide bonds. The van der Waals surface area contributed by atoms with Gasteiger partial charge in [0.1, 0.15) is 5.69 Å². The van der Waals surface area contributed by atoms with Crippen LogP contribution in [-0.4, -0.2) is 32.1 Å². The summed E-state index contributed by atoms with van der Waals surface area (Å²) in [6.45, 7) is 7.37. The summed E-state index contributed by atoms with van der Waals surface area (Å²) in [7, 11) is 0. The SMILES string of the molecule is C=CC(=O)N1CCn2nc(-c3ccc(Cl)c(C)c3)c(-c3ccncc3)c2C1. The molecule has 4 rings (SSSR count). The molecule has 0 aliphatic carbocycles. The lowest BCUT2D eigenvalue weighted by atomic mass is 9.98. The van der Waals surface area contributed by atoms with Crippen molar-refractivity contribution >= 4 is 17.5 Å². The third-order valence-corrected chi connectivity index (χ3v) is 5.29. The molecular formula is C21H19ClN4O. The first-order chi connectivity index (χ1) is 13.1. The number of rotatable bonds is 3. The maximum atomic E-state index is 12.1. The van der Waals surface area contributed by atoms with Crippen molar-refractivity contribution in [3.8, 4) is 22.4 Å². The second-order valence-corrected chi connectivity index (χ2v) is 6.96. The molecule has 0 saturated carbocycles. The highest BCUT2D eigenvalue weighted by molar-refractivity contribution is 6.31.